The molecule has 1 N–H and O–H groups in total. The molecule has 0 spiro atoms. The first-order chi connectivity index (χ1) is 9.49. The van der Waals surface area contributed by atoms with Crippen LogP contribution >= 0.6 is 0 Å². The molecule has 110 valence electrons. The van der Waals surface area contributed by atoms with Gasteiger partial charge in [-0.15, -0.1) is 5.10 Å². The van der Waals surface area contributed by atoms with Gasteiger partial charge in [0.05, 0.1) is 18.8 Å². The molecule has 1 aromatic heterocycles. The van der Waals surface area contributed by atoms with Gasteiger partial charge in [-0.25, -0.2) is 10.2 Å². The lowest BCUT2D eigenvalue weighted by molar-refractivity contribution is 0.101. The van der Waals surface area contributed by atoms with Crippen LogP contribution in [0.5, 0.6) is 0 Å². The fourth-order valence-corrected chi connectivity index (χ4v) is 1.49. The molecule has 0 unspecified atom stereocenters. The van der Waals surface area contributed by atoms with Crippen LogP contribution in [0.4, 0.5) is 4.79 Å². The van der Waals surface area contributed by atoms with Crippen LogP contribution in [0.3, 0.4) is 0 Å². The monoisotopic (exact) mass is 282 g/mol. The van der Waals surface area contributed by atoms with Crippen LogP contribution in [0, 0.1) is 6.92 Å². The number of rotatable bonds is 5. The number of hydrogen-bond donors (Lipinski definition) is 1. The van der Waals surface area contributed by atoms with Crippen LogP contribution in [0.15, 0.2) is 15.6 Å². The predicted molar refractivity (Wildman–Crippen MR) is 71.8 cm³/mol. The van der Waals surface area contributed by atoms with Gasteiger partial charge in [-0.05, 0) is 27.7 Å². The van der Waals surface area contributed by atoms with Gasteiger partial charge in [0.1, 0.15) is 5.76 Å². The van der Waals surface area contributed by atoms with Crippen molar-refractivity contribution in [2.75, 3.05) is 13.2 Å². The van der Waals surface area contributed by atoms with E-state index in [1.54, 1.807) is 20.8 Å². The van der Waals surface area contributed by atoms with E-state index >= 15 is 0 Å². The number of carbonyl (C=O) groups is 2. The van der Waals surface area contributed by atoms with E-state index in [1.807, 2.05) is 0 Å². The molecule has 0 bridgehead atoms. The highest BCUT2D eigenvalue weighted by atomic mass is 16.6. The molecule has 0 aromatic carbocycles. The number of furan rings is 1. The average molecular weight is 282 g/mol. The summed E-state index contributed by atoms with van der Waals surface area (Å²) in [4.78, 5) is 22.6. The molecule has 0 saturated carbocycles. The summed E-state index contributed by atoms with van der Waals surface area (Å²) in [6.07, 6.45) is -0.695. The average Bonchev–Trinajstić information content (AvgIpc) is 2.77. The third-order valence-corrected chi connectivity index (χ3v) is 2.31. The first-order valence-electron chi connectivity index (χ1n) is 6.24. The van der Waals surface area contributed by atoms with Crippen LogP contribution in [0.25, 0.3) is 0 Å². The lowest BCUT2D eigenvalue weighted by atomic mass is 10.2. The third-order valence-electron chi connectivity index (χ3n) is 2.31. The number of Topliss-reactive ketones (excluding diaryl/α,β-unsaturated/α-hetero) is 1. The molecule has 0 aliphatic heterocycles. The molecule has 0 radical (unpaired) electrons. The maximum Gasteiger partial charge on any atom is 0.427 e. The highest BCUT2D eigenvalue weighted by Gasteiger charge is 2.17. The topological polar surface area (TPSA) is 90.1 Å². The van der Waals surface area contributed by atoms with E-state index in [-0.39, 0.29) is 24.0 Å². The summed E-state index contributed by atoms with van der Waals surface area (Å²) in [5.74, 6) is 0.699. The highest BCUT2D eigenvalue weighted by molar-refractivity contribution is 5.99. The molecular weight excluding hydrogens is 264 g/mol. The summed E-state index contributed by atoms with van der Waals surface area (Å²) in [5.41, 5.74) is 2.63. The van der Waals surface area contributed by atoms with E-state index in [2.05, 4.69) is 15.3 Å². The van der Waals surface area contributed by atoms with Crippen molar-refractivity contribution in [2.24, 2.45) is 5.10 Å². The molecule has 7 heteroatoms. The number of ketones is 1. The van der Waals surface area contributed by atoms with Gasteiger partial charge >= 0.3 is 6.09 Å². The van der Waals surface area contributed by atoms with Crippen molar-refractivity contribution in [3.05, 3.63) is 23.2 Å². The Balaban J connectivity index is 2.95. The molecule has 1 aromatic rings. The van der Waals surface area contributed by atoms with Gasteiger partial charge in [-0.1, -0.05) is 0 Å². The number of hydrazone groups is 1. The lowest BCUT2D eigenvalue weighted by Crippen LogP contribution is -2.22. The van der Waals surface area contributed by atoms with Crippen molar-refractivity contribution in [2.45, 2.75) is 27.7 Å². The van der Waals surface area contributed by atoms with E-state index in [1.165, 1.54) is 13.0 Å². The fourth-order valence-electron chi connectivity index (χ4n) is 1.49. The van der Waals surface area contributed by atoms with Crippen LogP contribution in [0.1, 0.15) is 42.6 Å². The Kier molecular flexibility index (Phi) is 5.76. The standard InChI is InChI=1S/C13H18N2O5/c1-5-18-12(14-15-13(17)19-6-2)11-7-10(8(3)16)9(4)20-11/h7H,5-6H2,1-4H3,(H,15,17). The van der Waals surface area contributed by atoms with E-state index in [0.29, 0.717) is 17.9 Å². The summed E-state index contributed by atoms with van der Waals surface area (Å²) in [6, 6.07) is 1.53. The minimum Gasteiger partial charge on any atom is -0.474 e. The maximum atomic E-state index is 11.4. The molecule has 0 aliphatic carbocycles. The fraction of sp³-hybridized carbons (Fsp3) is 0.462. The summed E-state index contributed by atoms with van der Waals surface area (Å²) in [6.45, 7) is 7.13. The van der Waals surface area contributed by atoms with Gasteiger partial charge in [0.15, 0.2) is 11.5 Å². The van der Waals surface area contributed by atoms with E-state index in [0.717, 1.165) is 0 Å². The predicted octanol–water partition coefficient (Wildman–Crippen LogP) is 2.23. The molecule has 0 saturated heterocycles. The highest BCUT2D eigenvalue weighted by Crippen LogP contribution is 2.16. The smallest absolute Gasteiger partial charge is 0.427 e. The summed E-state index contributed by atoms with van der Waals surface area (Å²) in [5, 5.41) is 3.78. The molecule has 1 amide bonds. The Hall–Kier alpha value is -2.31. The van der Waals surface area contributed by atoms with Gasteiger partial charge in [-0.2, -0.15) is 0 Å². The van der Waals surface area contributed by atoms with E-state index in [4.69, 9.17) is 9.15 Å². The van der Waals surface area contributed by atoms with E-state index < -0.39 is 6.09 Å². The van der Waals surface area contributed by atoms with Crippen molar-refractivity contribution in [1.82, 2.24) is 5.43 Å². The summed E-state index contributed by atoms with van der Waals surface area (Å²) >= 11 is 0. The number of aryl methyl sites for hydroxylation is 1. The second-order valence-corrected chi connectivity index (χ2v) is 3.82. The SMILES string of the molecule is CCOC(=O)NN=C(OCC)c1cc(C(C)=O)c(C)o1. The third kappa shape index (κ3) is 4.11. The first kappa shape index (κ1) is 15.7. The Morgan fingerprint density at radius 2 is 1.95 bits per heavy atom. The lowest BCUT2D eigenvalue weighted by Gasteiger charge is -2.05. The van der Waals surface area contributed by atoms with Crippen molar-refractivity contribution >= 4 is 17.8 Å². The molecule has 0 fully saturated rings. The minimum absolute atomic E-state index is 0.0798. The Morgan fingerprint density at radius 1 is 1.30 bits per heavy atom. The van der Waals surface area contributed by atoms with Gasteiger partial charge in [0.2, 0.25) is 0 Å². The second-order valence-electron chi connectivity index (χ2n) is 3.82. The maximum absolute atomic E-state index is 11.4. The molecule has 0 atom stereocenters. The van der Waals surface area contributed by atoms with Crippen LogP contribution in [-0.4, -0.2) is 31.0 Å². The summed E-state index contributed by atoms with van der Waals surface area (Å²) in [7, 11) is 0. The number of ether oxygens (including phenoxy) is 2. The van der Waals surface area contributed by atoms with Gasteiger partial charge in [-0.3, -0.25) is 4.79 Å². The van der Waals surface area contributed by atoms with Crippen molar-refractivity contribution in [3.8, 4) is 0 Å². The number of nitrogens with one attached hydrogen (secondary N) is 1. The molecule has 1 heterocycles. The zero-order valence-electron chi connectivity index (χ0n) is 12.0. The van der Waals surface area contributed by atoms with Gasteiger partial charge < -0.3 is 13.9 Å². The van der Waals surface area contributed by atoms with Gasteiger partial charge in [0, 0.05) is 6.07 Å². The van der Waals surface area contributed by atoms with Gasteiger partial charge in [0.25, 0.3) is 5.90 Å². The number of nitrogens with zero attached hydrogens (tertiary/aromatic N) is 1. The molecule has 0 aliphatic rings. The first-order valence-corrected chi connectivity index (χ1v) is 6.24. The number of hydrogen-bond acceptors (Lipinski definition) is 6. The second kappa shape index (κ2) is 7.32. The number of carbonyl (C=O) groups excluding carboxylic acids is 2. The van der Waals surface area contributed by atoms with E-state index in [9.17, 15) is 9.59 Å². The minimum atomic E-state index is -0.695. The van der Waals surface area contributed by atoms with Crippen molar-refractivity contribution in [3.63, 3.8) is 0 Å². The van der Waals surface area contributed by atoms with Crippen molar-refractivity contribution in [1.29, 1.82) is 0 Å². The zero-order valence-corrected chi connectivity index (χ0v) is 12.0. The normalized spacial score (nSPS) is 11.1. The quantitative estimate of drug-likeness (QED) is 0.387. The van der Waals surface area contributed by atoms with Crippen LogP contribution in [-0.2, 0) is 9.47 Å². The molecular formula is C13H18N2O5. The Labute approximate surface area is 116 Å². The summed E-state index contributed by atoms with van der Waals surface area (Å²) < 4.78 is 15.4. The van der Waals surface area contributed by atoms with Crippen LogP contribution < -0.4 is 5.43 Å². The Bertz CT molecular complexity index is 519. The Morgan fingerprint density at radius 3 is 2.45 bits per heavy atom. The molecule has 1 rings (SSSR count). The zero-order chi connectivity index (χ0) is 15.1. The van der Waals surface area contributed by atoms with Crippen LogP contribution in [0.2, 0.25) is 0 Å². The largest absolute Gasteiger partial charge is 0.474 e. The number of amides is 1. The molecule has 20 heavy (non-hydrogen) atoms. The van der Waals surface area contributed by atoms with Crippen molar-refractivity contribution < 1.29 is 23.5 Å². The molecule has 7 nitrogen and oxygen atoms in total.